The van der Waals surface area contributed by atoms with Gasteiger partial charge < -0.3 is 15.4 Å². The normalized spacial score (nSPS) is 17.8. The molecule has 0 bridgehead atoms. The van der Waals surface area contributed by atoms with Crippen LogP contribution in [0.1, 0.15) is 23.9 Å². The SMILES string of the molecule is Cc1cc(C)n(Cc2cccc(NC(=O)[C@]3(C)Oc4ccccc4NC3=O)c2)n1. The molecule has 0 aliphatic carbocycles. The van der Waals surface area contributed by atoms with Crippen LogP contribution in [-0.4, -0.2) is 27.2 Å². The molecule has 2 heterocycles. The Hall–Kier alpha value is -3.61. The van der Waals surface area contributed by atoms with Crippen LogP contribution in [0.5, 0.6) is 5.75 Å². The van der Waals surface area contributed by atoms with E-state index in [2.05, 4.69) is 15.7 Å². The zero-order valence-corrected chi connectivity index (χ0v) is 16.5. The first kappa shape index (κ1) is 18.7. The van der Waals surface area contributed by atoms with Gasteiger partial charge in [-0.25, -0.2) is 0 Å². The van der Waals surface area contributed by atoms with Gasteiger partial charge >= 0.3 is 0 Å². The van der Waals surface area contributed by atoms with Crippen molar-refractivity contribution in [1.29, 1.82) is 0 Å². The van der Waals surface area contributed by atoms with Crippen molar-refractivity contribution in [3.63, 3.8) is 0 Å². The molecule has 0 fully saturated rings. The number of rotatable bonds is 4. The van der Waals surface area contributed by atoms with Crippen LogP contribution in [0.25, 0.3) is 0 Å². The Kier molecular flexibility index (Phi) is 4.58. The lowest BCUT2D eigenvalue weighted by atomic mass is 10.0. The number of ether oxygens (including phenoxy) is 1. The van der Waals surface area contributed by atoms with Crippen molar-refractivity contribution in [2.75, 3.05) is 10.6 Å². The summed E-state index contributed by atoms with van der Waals surface area (Å²) in [6, 6.07) is 16.5. The third kappa shape index (κ3) is 3.59. The number of aryl methyl sites for hydroxylation is 2. The van der Waals surface area contributed by atoms with Gasteiger partial charge in [0, 0.05) is 11.4 Å². The zero-order valence-electron chi connectivity index (χ0n) is 16.5. The third-order valence-corrected chi connectivity index (χ3v) is 4.94. The molecule has 1 aliphatic rings. The molecular formula is C22H22N4O3. The van der Waals surface area contributed by atoms with Crippen molar-refractivity contribution in [2.24, 2.45) is 0 Å². The Labute approximate surface area is 168 Å². The van der Waals surface area contributed by atoms with Crippen LogP contribution in [0.4, 0.5) is 11.4 Å². The molecule has 1 aliphatic heterocycles. The summed E-state index contributed by atoms with van der Waals surface area (Å²) in [5, 5.41) is 10.0. The maximum atomic E-state index is 12.9. The Balaban J connectivity index is 1.53. The highest BCUT2D eigenvalue weighted by atomic mass is 16.5. The standard InChI is InChI=1S/C22H22N4O3/c1-14-11-15(2)26(25-14)13-16-7-6-8-17(12-16)23-20(27)22(3)21(28)24-18-9-4-5-10-19(18)29-22/h4-12H,13H2,1-3H3,(H,23,27)(H,24,28)/t22-/m0/s1. The number of hydrogen-bond acceptors (Lipinski definition) is 4. The molecule has 2 aromatic carbocycles. The van der Waals surface area contributed by atoms with Crippen LogP contribution in [0.2, 0.25) is 0 Å². The Morgan fingerprint density at radius 3 is 2.72 bits per heavy atom. The number of para-hydroxylation sites is 2. The summed E-state index contributed by atoms with van der Waals surface area (Å²) in [5.74, 6) is -0.580. The van der Waals surface area contributed by atoms with Crippen molar-refractivity contribution in [3.8, 4) is 5.75 Å². The van der Waals surface area contributed by atoms with E-state index >= 15 is 0 Å². The number of aromatic nitrogens is 2. The average molecular weight is 390 g/mol. The first-order chi connectivity index (χ1) is 13.8. The Morgan fingerprint density at radius 2 is 1.97 bits per heavy atom. The van der Waals surface area contributed by atoms with Gasteiger partial charge in [0.1, 0.15) is 5.75 Å². The highest BCUT2D eigenvalue weighted by Gasteiger charge is 2.47. The van der Waals surface area contributed by atoms with Gasteiger partial charge in [-0.2, -0.15) is 5.10 Å². The maximum Gasteiger partial charge on any atom is 0.278 e. The lowest BCUT2D eigenvalue weighted by Gasteiger charge is -2.33. The molecule has 1 aromatic heterocycles. The second kappa shape index (κ2) is 7.09. The summed E-state index contributed by atoms with van der Waals surface area (Å²) < 4.78 is 7.68. The molecule has 2 amide bonds. The van der Waals surface area contributed by atoms with Gasteiger partial charge in [-0.05, 0) is 56.7 Å². The smallest absolute Gasteiger partial charge is 0.278 e. The summed E-state index contributed by atoms with van der Waals surface area (Å²) in [6.45, 7) is 6.01. The van der Waals surface area contributed by atoms with Crippen molar-refractivity contribution >= 4 is 23.2 Å². The molecule has 0 saturated carbocycles. The van der Waals surface area contributed by atoms with Crippen molar-refractivity contribution in [3.05, 3.63) is 71.5 Å². The van der Waals surface area contributed by atoms with E-state index in [1.807, 2.05) is 42.8 Å². The molecule has 3 aromatic rings. The molecule has 7 heteroatoms. The van der Waals surface area contributed by atoms with E-state index in [9.17, 15) is 9.59 Å². The van der Waals surface area contributed by atoms with Gasteiger partial charge in [-0.1, -0.05) is 24.3 Å². The predicted molar refractivity (Wildman–Crippen MR) is 110 cm³/mol. The quantitative estimate of drug-likeness (QED) is 0.670. The molecule has 29 heavy (non-hydrogen) atoms. The Bertz CT molecular complexity index is 1100. The second-order valence-electron chi connectivity index (χ2n) is 7.32. The molecule has 0 saturated heterocycles. The number of carbonyl (C=O) groups is 2. The minimum absolute atomic E-state index is 0.461. The van der Waals surface area contributed by atoms with Crippen LogP contribution in [0, 0.1) is 13.8 Å². The summed E-state index contributed by atoms with van der Waals surface area (Å²) in [5.41, 5.74) is 2.48. The monoisotopic (exact) mass is 390 g/mol. The number of nitrogens with one attached hydrogen (secondary N) is 2. The second-order valence-corrected chi connectivity index (χ2v) is 7.32. The fourth-order valence-electron chi connectivity index (χ4n) is 3.32. The van der Waals surface area contributed by atoms with Gasteiger partial charge in [-0.3, -0.25) is 14.3 Å². The van der Waals surface area contributed by atoms with Gasteiger partial charge in [-0.15, -0.1) is 0 Å². The minimum atomic E-state index is -1.67. The molecule has 0 spiro atoms. The number of hydrogen-bond donors (Lipinski definition) is 2. The van der Waals surface area contributed by atoms with Gasteiger partial charge in [0.15, 0.2) is 0 Å². The highest BCUT2D eigenvalue weighted by Crippen LogP contribution is 2.33. The summed E-state index contributed by atoms with van der Waals surface area (Å²) in [4.78, 5) is 25.5. The summed E-state index contributed by atoms with van der Waals surface area (Å²) in [6.07, 6.45) is 0. The zero-order chi connectivity index (χ0) is 20.6. The van der Waals surface area contributed by atoms with Crippen LogP contribution in [0.3, 0.4) is 0 Å². The van der Waals surface area contributed by atoms with E-state index < -0.39 is 17.4 Å². The fraction of sp³-hybridized carbons (Fsp3) is 0.227. The number of amides is 2. The molecule has 1 atom stereocenters. The van der Waals surface area contributed by atoms with Crippen molar-refractivity contribution in [1.82, 2.24) is 9.78 Å². The van der Waals surface area contributed by atoms with E-state index in [0.717, 1.165) is 17.0 Å². The molecular weight excluding hydrogens is 368 g/mol. The van der Waals surface area contributed by atoms with E-state index in [0.29, 0.717) is 23.7 Å². The summed E-state index contributed by atoms with van der Waals surface area (Å²) >= 11 is 0. The predicted octanol–water partition coefficient (Wildman–Crippen LogP) is 3.28. The van der Waals surface area contributed by atoms with Gasteiger partial charge in [0.25, 0.3) is 17.4 Å². The molecule has 2 N–H and O–H groups in total. The maximum absolute atomic E-state index is 12.9. The van der Waals surface area contributed by atoms with Gasteiger partial charge in [0.05, 0.1) is 17.9 Å². The molecule has 148 valence electrons. The van der Waals surface area contributed by atoms with E-state index in [-0.39, 0.29) is 0 Å². The molecule has 0 unspecified atom stereocenters. The first-order valence-electron chi connectivity index (χ1n) is 9.36. The fourth-order valence-corrected chi connectivity index (χ4v) is 3.32. The molecule has 0 radical (unpaired) electrons. The van der Waals surface area contributed by atoms with Crippen molar-refractivity contribution < 1.29 is 14.3 Å². The van der Waals surface area contributed by atoms with Crippen molar-refractivity contribution in [2.45, 2.75) is 32.9 Å². The number of benzene rings is 2. The lowest BCUT2D eigenvalue weighted by molar-refractivity contribution is -0.143. The minimum Gasteiger partial charge on any atom is -0.466 e. The highest BCUT2D eigenvalue weighted by molar-refractivity contribution is 6.19. The molecule has 4 rings (SSSR count). The van der Waals surface area contributed by atoms with Gasteiger partial charge in [0.2, 0.25) is 0 Å². The number of fused-ring (bicyclic) bond motifs is 1. The lowest BCUT2D eigenvalue weighted by Crippen LogP contribution is -2.56. The number of carbonyl (C=O) groups excluding carboxylic acids is 2. The van der Waals surface area contributed by atoms with Crippen LogP contribution >= 0.6 is 0 Å². The summed E-state index contributed by atoms with van der Waals surface area (Å²) in [7, 11) is 0. The number of nitrogens with zero attached hydrogens (tertiary/aromatic N) is 2. The average Bonchev–Trinajstić information content (AvgIpc) is 2.99. The first-order valence-corrected chi connectivity index (χ1v) is 9.36. The Morgan fingerprint density at radius 1 is 1.17 bits per heavy atom. The molecule has 7 nitrogen and oxygen atoms in total. The van der Waals surface area contributed by atoms with Crippen LogP contribution < -0.4 is 15.4 Å². The van der Waals surface area contributed by atoms with E-state index in [4.69, 9.17) is 4.74 Å². The van der Waals surface area contributed by atoms with E-state index in [1.165, 1.54) is 6.92 Å². The third-order valence-electron chi connectivity index (χ3n) is 4.94. The number of anilines is 2. The topological polar surface area (TPSA) is 85.3 Å². The van der Waals surface area contributed by atoms with Crippen LogP contribution in [0.15, 0.2) is 54.6 Å². The van der Waals surface area contributed by atoms with E-state index in [1.54, 1.807) is 30.3 Å². The van der Waals surface area contributed by atoms with Crippen LogP contribution in [-0.2, 0) is 16.1 Å². The largest absolute Gasteiger partial charge is 0.466 e.